The van der Waals surface area contributed by atoms with E-state index in [0.29, 0.717) is 21.5 Å². The largest absolute Gasteiger partial charge is 0.320 e. The number of thioether (sulfide) groups is 1. The minimum Gasteiger partial charge on any atom is -0.320 e. The van der Waals surface area contributed by atoms with Gasteiger partial charge in [-0.2, -0.15) is 0 Å². The molecular weight excluding hydrogens is 465 g/mol. The highest BCUT2D eigenvalue weighted by atomic mass is 32.2. The molecule has 1 heterocycles. The van der Waals surface area contributed by atoms with Crippen molar-refractivity contribution in [3.8, 4) is 0 Å². The third-order valence-electron chi connectivity index (χ3n) is 5.11. The van der Waals surface area contributed by atoms with E-state index in [1.165, 1.54) is 41.2 Å². The number of aryl methyl sites for hydroxylation is 3. The monoisotopic (exact) mass is 489 g/mol. The van der Waals surface area contributed by atoms with Crippen LogP contribution in [0.3, 0.4) is 0 Å². The van der Waals surface area contributed by atoms with Crippen LogP contribution in [0.4, 0.5) is 10.1 Å². The number of hydrogen-bond donors (Lipinski definition) is 1. The topological polar surface area (TPSA) is 54.9 Å². The molecule has 0 atom stereocenters. The van der Waals surface area contributed by atoms with Gasteiger partial charge in [0.1, 0.15) is 11.5 Å². The summed E-state index contributed by atoms with van der Waals surface area (Å²) >= 11 is 2.86. The number of aromatic nitrogens is 2. The number of benzene rings is 3. The Kier molecular flexibility index (Phi) is 7.65. The van der Waals surface area contributed by atoms with Crippen molar-refractivity contribution in [2.75, 3.05) is 5.32 Å². The molecule has 4 rings (SSSR count). The molecule has 0 aliphatic rings. The van der Waals surface area contributed by atoms with Gasteiger partial charge in [-0.15, -0.1) is 0 Å². The van der Waals surface area contributed by atoms with Crippen molar-refractivity contribution in [2.45, 2.75) is 41.5 Å². The average Bonchev–Trinajstić information content (AvgIpc) is 2.82. The summed E-state index contributed by atoms with van der Waals surface area (Å²) in [7, 11) is 0. The molecule has 4 nitrogen and oxygen atoms in total. The molecule has 0 saturated carbocycles. The Labute approximate surface area is 207 Å². The SMILES string of the molecule is Cc1ccc(Sc2cnc(SCc3ccc(F)cc3)nc2C(=O)Nc2ccc(C)cc2C)cc1. The lowest BCUT2D eigenvalue weighted by molar-refractivity contribution is 0.101. The van der Waals surface area contributed by atoms with Gasteiger partial charge in [-0.05, 0) is 62.2 Å². The van der Waals surface area contributed by atoms with Gasteiger partial charge in [-0.3, -0.25) is 4.79 Å². The molecule has 4 aromatic rings. The maximum absolute atomic E-state index is 13.3. The maximum atomic E-state index is 13.3. The Hall–Kier alpha value is -3.16. The quantitative estimate of drug-likeness (QED) is 0.219. The highest BCUT2D eigenvalue weighted by Crippen LogP contribution is 2.32. The lowest BCUT2D eigenvalue weighted by Gasteiger charge is -2.12. The highest BCUT2D eigenvalue weighted by Gasteiger charge is 2.18. The van der Waals surface area contributed by atoms with Crippen LogP contribution in [-0.2, 0) is 5.75 Å². The zero-order chi connectivity index (χ0) is 24.1. The maximum Gasteiger partial charge on any atom is 0.275 e. The molecule has 1 aromatic heterocycles. The van der Waals surface area contributed by atoms with E-state index < -0.39 is 0 Å². The summed E-state index contributed by atoms with van der Waals surface area (Å²) in [5.41, 5.74) is 5.31. The lowest BCUT2D eigenvalue weighted by atomic mass is 10.1. The van der Waals surface area contributed by atoms with Gasteiger partial charge < -0.3 is 5.32 Å². The van der Waals surface area contributed by atoms with Crippen molar-refractivity contribution in [3.05, 3.63) is 107 Å². The zero-order valence-electron chi connectivity index (χ0n) is 19.1. The van der Waals surface area contributed by atoms with E-state index in [0.717, 1.165) is 27.3 Å². The van der Waals surface area contributed by atoms with Gasteiger partial charge in [0.2, 0.25) is 0 Å². The predicted octanol–water partition coefficient (Wildman–Crippen LogP) is 7.24. The van der Waals surface area contributed by atoms with Crippen molar-refractivity contribution < 1.29 is 9.18 Å². The second kappa shape index (κ2) is 10.8. The molecule has 0 spiro atoms. The van der Waals surface area contributed by atoms with Gasteiger partial charge in [0.15, 0.2) is 5.16 Å². The molecule has 1 amide bonds. The Morgan fingerprint density at radius 3 is 2.35 bits per heavy atom. The van der Waals surface area contributed by atoms with Crippen LogP contribution >= 0.6 is 23.5 Å². The van der Waals surface area contributed by atoms with E-state index in [1.807, 2.05) is 63.2 Å². The number of carbonyl (C=O) groups excluding carboxylic acids is 1. The molecule has 0 unspecified atom stereocenters. The number of rotatable bonds is 7. The first-order chi connectivity index (χ1) is 16.4. The van der Waals surface area contributed by atoms with E-state index >= 15 is 0 Å². The normalized spacial score (nSPS) is 10.8. The van der Waals surface area contributed by atoms with Crippen LogP contribution < -0.4 is 5.32 Å². The predicted molar refractivity (Wildman–Crippen MR) is 137 cm³/mol. The Morgan fingerprint density at radius 2 is 1.65 bits per heavy atom. The Balaban J connectivity index is 1.61. The molecule has 172 valence electrons. The van der Waals surface area contributed by atoms with Crippen molar-refractivity contribution in [1.82, 2.24) is 9.97 Å². The number of hydrogen-bond acceptors (Lipinski definition) is 5. The number of nitrogens with zero attached hydrogens (tertiary/aromatic N) is 2. The van der Waals surface area contributed by atoms with Gasteiger partial charge in [-0.25, -0.2) is 14.4 Å². The summed E-state index contributed by atoms with van der Waals surface area (Å²) in [6.45, 7) is 6.02. The fraction of sp³-hybridized carbons (Fsp3) is 0.148. The lowest BCUT2D eigenvalue weighted by Crippen LogP contribution is -2.16. The molecule has 0 bridgehead atoms. The fourth-order valence-corrected chi connectivity index (χ4v) is 4.90. The summed E-state index contributed by atoms with van der Waals surface area (Å²) in [5, 5.41) is 3.49. The minimum atomic E-state index is -0.285. The number of halogens is 1. The summed E-state index contributed by atoms with van der Waals surface area (Å²) in [6, 6.07) is 20.3. The third kappa shape index (κ3) is 6.24. The van der Waals surface area contributed by atoms with E-state index in [9.17, 15) is 9.18 Å². The van der Waals surface area contributed by atoms with E-state index in [2.05, 4.69) is 15.3 Å². The van der Waals surface area contributed by atoms with Crippen molar-refractivity contribution in [2.24, 2.45) is 0 Å². The standard InChI is InChI=1S/C27H24FN3OS2/c1-17-4-11-22(12-5-17)34-24-15-29-27(33-16-20-7-9-21(28)10-8-20)31-25(24)26(32)30-23-13-6-18(2)14-19(23)3/h4-15H,16H2,1-3H3,(H,30,32). The van der Waals surface area contributed by atoms with Gasteiger partial charge in [0, 0.05) is 22.5 Å². The molecule has 1 N–H and O–H groups in total. The minimum absolute atomic E-state index is 0.271. The second-order valence-corrected chi connectivity index (χ2v) is 10.0. The smallest absolute Gasteiger partial charge is 0.275 e. The molecule has 0 radical (unpaired) electrons. The van der Waals surface area contributed by atoms with Gasteiger partial charge in [0.05, 0.1) is 4.90 Å². The van der Waals surface area contributed by atoms with E-state index in [1.54, 1.807) is 18.3 Å². The van der Waals surface area contributed by atoms with Crippen LogP contribution in [0.15, 0.2) is 87.9 Å². The average molecular weight is 490 g/mol. The van der Waals surface area contributed by atoms with Gasteiger partial charge in [0.25, 0.3) is 5.91 Å². The summed E-state index contributed by atoms with van der Waals surface area (Å²) < 4.78 is 13.2. The highest BCUT2D eigenvalue weighted by molar-refractivity contribution is 7.99. The molecule has 0 fully saturated rings. The number of anilines is 1. The summed E-state index contributed by atoms with van der Waals surface area (Å²) in [6.07, 6.45) is 1.70. The second-order valence-electron chi connectivity index (χ2n) is 7.97. The van der Waals surface area contributed by atoms with Gasteiger partial charge in [-0.1, -0.05) is 71.0 Å². The molecule has 0 aliphatic carbocycles. The molecular formula is C27H24FN3OS2. The molecule has 0 aliphatic heterocycles. The van der Waals surface area contributed by atoms with Crippen LogP contribution in [0.5, 0.6) is 0 Å². The number of carbonyl (C=O) groups is 1. The van der Waals surface area contributed by atoms with E-state index in [-0.39, 0.29) is 11.7 Å². The molecule has 7 heteroatoms. The first-order valence-electron chi connectivity index (χ1n) is 10.7. The Morgan fingerprint density at radius 1 is 0.941 bits per heavy atom. The number of amides is 1. The molecule has 0 saturated heterocycles. The van der Waals surface area contributed by atoms with Gasteiger partial charge >= 0.3 is 0 Å². The van der Waals surface area contributed by atoms with Crippen LogP contribution in [0.1, 0.15) is 32.7 Å². The fourth-order valence-electron chi connectivity index (χ4n) is 3.26. The zero-order valence-corrected chi connectivity index (χ0v) is 20.8. The third-order valence-corrected chi connectivity index (χ3v) is 7.07. The van der Waals surface area contributed by atoms with Crippen molar-refractivity contribution in [1.29, 1.82) is 0 Å². The summed E-state index contributed by atoms with van der Waals surface area (Å²) in [4.78, 5) is 24.1. The van der Waals surface area contributed by atoms with Crippen LogP contribution in [0, 0.1) is 26.6 Å². The Bertz CT molecular complexity index is 1310. The van der Waals surface area contributed by atoms with Crippen molar-refractivity contribution in [3.63, 3.8) is 0 Å². The van der Waals surface area contributed by atoms with E-state index in [4.69, 9.17) is 0 Å². The molecule has 3 aromatic carbocycles. The summed E-state index contributed by atoms with van der Waals surface area (Å²) in [5.74, 6) is 0.0171. The molecule has 34 heavy (non-hydrogen) atoms. The first kappa shape index (κ1) is 24.0. The van der Waals surface area contributed by atoms with Crippen LogP contribution in [-0.4, -0.2) is 15.9 Å². The van der Waals surface area contributed by atoms with Crippen LogP contribution in [0.25, 0.3) is 0 Å². The van der Waals surface area contributed by atoms with Crippen molar-refractivity contribution >= 4 is 35.1 Å². The number of nitrogens with one attached hydrogen (secondary N) is 1. The first-order valence-corrected chi connectivity index (χ1v) is 12.5. The van der Waals surface area contributed by atoms with Crippen LogP contribution in [0.2, 0.25) is 0 Å².